The number of dihydropyridines is 1. The van der Waals surface area contributed by atoms with E-state index in [1.165, 1.54) is 11.8 Å². The first-order valence-electron chi connectivity index (χ1n) is 9.26. The van der Waals surface area contributed by atoms with E-state index in [0.717, 1.165) is 17.7 Å². The van der Waals surface area contributed by atoms with E-state index in [0.29, 0.717) is 29.0 Å². The maximum atomic E-state index is 12.9. The summed E-state index contributed by atoms with van der Waals surface area (Å²) in [4.78, 5) is 30.1. The van der Waals surface area contributed by atoms with Crippen LogP contribution in [0.3, 0.4) is 0 Å². The van der Waals surface area contributed by atoms with Crippen molar-refractivity contribution in [2.75, 3.05) is 5.75 Å². The number of nitrogens with zero attached hydrogens (tertiary/aromatic N) is 3. The number of aliphatic imine (C=N–C) groups is 2. The summed E-state index contributed by atoms with van der Waals surface area (Å²) in [6, 6.07) is 1.03. The van der Waals surface area contributed by atoms with Crippen LogP contribution in [-0.4, -0.2) is 44.6 Å². The SMILES string of the molecule is O=C(O)[C@H]1CSC(C2=NC3CC=C(Oc4ccc(C(F)(F)F)cc4[N+](=O)[O-])C=C3C=C2)=N1. The molecule has 32 heavy (non-hydrogen) atoms. The highest BCUT2D eigenvalue weighted by Gasteiger charge is 2.34. The third kappa shape index (κ3) is 4.44. The van der Waals surface area contributed by atoms with Crippen LogP contribution in [0.25, 0.3) is 0 Å². The Morgan fingerprint density at radius 1 is 1.28 bits per heavy atom. The normalized spacial score (nSPS) is 22.3. The number of nitro groups is 1. The minimum atomic E-state index is -4.71. The van der Waals surface area contributed by atoms with Gasteiger partial charge in [-0.15, -0.1) is 11.8 Å². The number of nitro benzene ring substituents is 1. The number of aliphatic carboxylic acids is 1. The van der Waals surface area contributed by atoms with E-state index in [4.69, 9.17) is 9.84 Å². The van der Waals surface area contributed by atoms with Crippen molar-refractivity contribution in [1.29, 1.82) is 0 Å². The number of allylic oxidation sites excluding steroid dienone is 2. The van der Waals surface area contributed by atoms with Crippen molar-refractivity contribution in [3.8, 4) is 5.75 Å². The number of thioether (sulfide) groups is 1. The number of hydrogen-bond donors (Lipinski definition) is 1. The van der Waals surface area contributed by atoms with Crippen LogP contribution in [0.1, 0.15) is 12.0 Å². The first kappa shape index (κ1) is 21.8. The van der Waals surface area contributed by atoms with Crippen LogP contribution in [-0.2, 0) is 11.0 Å². The van der Waals surface area contributed by atoms with Crippen molar-refractivity contribution in [2.45, 2.75) is 24.7 Å². The van der Waals surface area contributed by atoms with Gasteiger partial charge in [-0.1, -0.05) is 6.08 Å². The summed E-state index contributed by atoms with van der Waals surface area (Å²) < 4.78 is 44.1. The Morgan fingerprint density at radius 2 is 2.06 bits per heavy atom. The standard InChI is InChI=1S/C20H14F3N3O5S/c21-20(22,23)11-2-6-17(16(8-11)26(29)30)31-12-3-5-13-10(7-12)1-4-14(24-13)18-25-15(9-32-18)19(27)28/h1-4,6-8,13,15H,5,9H2,(H,27,28)/t13?,15-/m1/s1. The first-order chi connectivity index (χ1) is 15.1. The summed E-state index contributed by atoms with van der Waals surface area (Å²) in [7, 11) is 0. The molecule has 1 unspecified atom stereocenters. The van der Waals surface area contributed by atoms with E-state index in [2.05, 4.69) is 9.98 Å². The molecule has 166 valence electrons. The third-order valence-corrected chi connectivity index (χ3v) is 5.90. The zero-order valence-corrected chi connectivity index (χ0v) is 16.9. The van der Waals surface area contributed by atoms with Crippen molar-refractivity contribution in [2.24, 2.45) is 9.98 Å². The summed E-state index contributed by atoms with van der Waals surface area (Å²) >= 11 is 1.32. The Bertz CT molecular complexity index is 1150. The lowest BCUT2D eigenvalue weighted by molar-refractivity contribution is -0.385. The molecule has 1 N–H and O–H groups in total. The highest BCUT2D eigenvalue weighted by Crippen LogP contribution is 2.37. The van der Waals surface area contributed by atoms with Crippen molar-refractivity contribution >= 4 is 34.2 Å². The Labute approximate surface area is 183 Å². The molecule has 1 aromatic rings. The summed E-state index contributed by atoms with van der Waals surface area (Å²) in [6.45, 7) is 0. The monoisotopic (exact) mass is 465 g/mol. The second-order valence-electron chi connectivity index (χ2n) is 6.99. The van der Waals surface area contributed by atoms with Gasteiger partial charge < -0.3 is 9.84 Å². The van der Waals surface area contributed by atoms with Gasteiger partial charge in [-0.3, -0.25) is 20.1 Å². The molecule has 0 amide bonds. The Hall–Kier alpha value is -3.41. The molecule has 2 aliphatic heterocycles. The first-order valence-corrected chi connectivity index (χ1v) is 10.3. The summed E-state index contributed by atoms with van der Waals surface area (Å²) in [6.07, 6.45) is 2.39. The van der Waals surface area contributed by atoms with Gasteiger partial charge in [0.15, 0.2) is 6.04 Å². The quantitative estimate of drug-likeness (QED) is 0.515. The third-order valence-electron chi connectivity index (χ3n) is 4.83. The molecule has 0 spiro atoms. The van der Waals surface area contributed by atoms with Gasteiger partial charge in [0.05, 0.1) is 22.2 Å². The van der Waals surface area contributed by atoms with E-state index >= 15 is 0 Å². The number of hydrogen-bond acceptors (Lipinski definition) is 7. The van der Waals surface area contributed by atoms with E-state index in [-0.39, 0.29) is 17.6 Å². The summed E-state index contributed by atoms with van der Waals surface area (Å²) in [5, 5.41) is 20.9. The minimum Gasteiger partial charge on any atom is -0.480 e. The molecule has 1 aliphatic carbocycles. The van der Waals surface area contributed by atoms with Crippen LogP contribution >= 0.6 is 11.8 Å². The zero-order chi connectivity index (χ0) is 23.0. The largest absolute Gasteiger partial charge is 0.480 e. The number of rotatable bonds is 5. The van der Waals surface area contributed by atoms with Gasteiger partial charge in [0.2, 0.25) is 5.75 Å². The van der Waals surface area contributed by atoms with E-state index in [1.807, 2.05) is 0 Å². The van der Waals surface area contributed by atoms with Gasteiger partial charge in [-0.05, 0) is 42.4 Å². The predicted octanol–water partition coefficient (Wildman–Crippen LogP) is 4.18. The number of carbonyl (C=O) groups is 1. The lowest BCUT2D eigenvalue weighted by Crippen LogP contribution is -2.21. The fraction of sp³-hybridized carbons (Fsp3) is 0.250. The molecular formula is C20H14F3N3O5S. The molecule has 2 heterocycles. The van der Waals surface area contributed by atoms with Gasteiger partial charge in [-0.2, -0.15) is 13.2 Å². The van der Waals surface area contributed by atoms with Crippen LogP contribution in [0.2, 0.25) is 0 Å². The zero-order valence-electron chi connectivity index (χ0n) is 16.1. The fourth-order valence-electron chi connectivity index (χ4n) is 3.24. The van der Waals surface area contributed by atoms with Crippen molar-refractivity contribution in [3.63, 3.8) is 0 Å². The summed E-state index contributed by atoms with van der Waals surface area (Å²) in [5.41, 5.74) is -0.594. The lowest BCUT2D eigenvalue weighted by atomic mass is 9.95. The molecule has 8 nitrogen and oxygen atoms in total. The molecular weight excluding hydrogens is 451 g/mol. The average Bonchev–Trinajstić information content (AvgIpc) is 3.23. The molecule has 0 aromatic heterocycles. The molecule has 0 saturated heterocycles. The molecule has 12 heteroatoms. The number of ether oxygens (including phenoxy) is 1. The second kappa shape index (κ2) is 8.26. The van der Waals surface area contributed by atoms with E-state index in [1.54, 1.807) is 24.3 Å². The number of carboxylic acid groups (broad SMARTS) is 1. The van der Waals surface area contributed by atoms with Gasteiger partial charge in [0, 0.05) is 11.8 Å². The van der Waals surface area contributed by atoms with Gasteiger partial charge in [0.1, 0.15) is 10.8 Å². The number of fused-ring (bicyclic) bond motifs is 1. The fourth-order valence-corrected chi connectivity index (χ4v) is 4.25. The summed E-state index contributed by atoms with van der Waals surface area (Å²) in [5.74, 6) is -0.701. The molecule has 0 radical (unpaired) electrons. The Morgan fingerprint density at radius 3 is 2.72 bits per heavy atom. The lowest BCUT2D eigenvalue weighted by Gasteiger charge is -2.22. The van der Waals surface area contributed by atoms with E-state index < -0.39 is 34.4 Å². The van der Waals surface area contributed by atoms with Crippen LogP contribution in [0.5, 0.6) is 5.75 Å². The van der Waals surface area contributed by atoms with Crippen LogP contribution < -0.4 is 4.74 Å². The highest BCUT2D eigenvalue weighted by molar-refractivity contribution is 8.16. The maximum Gasteiger partial charge on any atom is 0.416 e. The average molecular weight is 465 g/mol. The highest BCUT2D eigenvalue weighted by atomic mass is 32.2. The topological polar surface area (TPSA) is 114 Å². The molecule has 0 fully saturated rings. The Balaban J connectivity index is 1.52. The molecule has 4 rings (SSSR count). The molecule has 1 aromatic carbocycles. The number of alkyl halides is 3. The molecule has 2 atom stereocenters. The predicted molar refractivity (Wildman–Crippen MR) is 111 cm³/mol. The van der Waals surface area contributed by atoms with Crippen LogP contribution in [0, 0.1) is 10.1 Å². The minimum absolute atomic E-state index is 0.251. The molecule has 3 aliphatic rings. The smallest absolute Gasteiger partial charge is 0.416 e. The van der Waals surface area contributed by atoms with Crippen molar-refractivity contribution in [1.82, 2.24) is 0 Å². The number of benzene rings is 1. The number of carboxylic acids is 1. The van der Waals surface area contributed by atoms with Crippen molar-refractivity contribution < 1.29 is 32.7 Å². The van der Waals surface area contributed by atoms with Gasteiger partial charge in [0.25, 0.3) is 0 Å². The van der Waals surface area contributed by atoms with Crippen LogP contribution in [0.15, 0.2) is 63.8 Å². The van der Waals surface area contributed by atoms with Crippen molar-refractivity contribution in [3.05, 3.63) is 69.5 Å². The molecule has 0 bridgehead atoms. The number of halogens is 3. The van der Waals surface area contributed by atoms with E-state index in [9.17, 15) is 28.1 Å². The van der Waals surface area contributed by atoms with Gasteiger partial charge in [-0.25, -0.2) is 4.79 Å². The second-order valence-corrected chi connectivity index (χ2v) is 8.00. The molecule has 0 saturated carbocycles. The maximum absolute atomic E-state index is 12.9. The van der Waals surface area contributed by atoms with Crippen LogP contribution in [0.4, 0.5) is 18.9 Å². The van der Waals surface area contributed by atoms with Gasteiger partial charge >= 0.3 is 17.8 Å². The Kier molecular flexibility index (Phi) is 5.63.